The van der Waals surface area contributed by atoms with E-state index in [-0.39, 0.29) is 5.38 Å². The van der Waals surface area contributed by atoms with Crippen LogP contribution in [0.4, 0.5) is 0 Å². The first-order valence-corrected chi connectivity index (χ1v) is 5.92. The number of rotatable bonds is 5. The van der Waals surface area contributed by atoms with Gasteiger partial charge in [0.2, 0.25) is 0 Å². The summed E-state index contributed by atoms with van der Waals surface area (Å²) >= 11 is 6.27. The van der Waals surface area contributed by atoms with Crippen molar-refractivity contribution in [1.82, 2.24) is 9.55 Å². The van der Waals surface area contributed by atoms with Gasteiger partial charge in [-0.1, -0.05) is 30.3 Å². The molecule has 0 spiro atoms. The highest BCUT2D eigenvalue weighted by Gasteiger charge is 2.05. The predicted molar refractivity (Wildman–Crippen MR) is 66.6 cm³/mol. The van der Waals surface area contributed by atoms with E-state index in [1.165, 1.54) is 5.56 Å². The molecular weight excluding hydrogens is 220 g/mol. The lowest BCUT2D eigenvalue weighted by atomic mass is 10.1. The summed E-state index contributed by atoms with van der Waals surface area (Å²) in [6, 6.07) is 10.4. The van der Waals surface area contributed by atoms with Crippen LogP contribution in [0.1, 0.15) is 12.0 Å². The third kappa shape index (κ3) is 3.38. The summed E-state index contributed by atoms with van der Waals surface area (Å²) in [5, 5.41) is 0.161. The lowest BCUT2D eigenvalue weighted by Crippen LogP contribution is -2.10. The quantitative estimate of drug-likeness (QED) is 0.727. The van der Waals surface area contributed by atoms with Crippen LogP contribution in [-0.4, -0.2) is 14.9 Å². The molecule has 1 unspecified atom stereocenters. The van der Waals surface area contributed by atoms with Crippen molar-refractivity contribution in [3.63, 3.8) is 0 Å². The van der Waals surface area contributed by atoms with Crippen molar-refractivity contribution >= 4 is 11.6 Å². The fourth-order valence-corrected chi connectivity index (χ4v) is 1.95. The van der Waals surface area contributed by atoms with Crippen LogP contribution in [0.15, 0.2) is 49.1 Å². The second kappa shape index (κ2) is 5.71. The Morgan fingerprint density at radius 1 is 1.25 bits per heavy atom. The molecule has 0 bridgehead atoms. The van der Waals surface area contributed by atoms with E-state index in [9.17, 15) is 0 Å². The van der Waals surface area contributed by atoms with Crippen LogP contribution in [0.2, 0.25) is 0 Å². The molecule has 2 aromatic rings. The Kier molecular flexibility index (Phi) is 4.00. The molecule has 0 saturated heterocycles. The molecule has 2 rings (SSSR count). The van der Waals surface area contributed by atoms with E-state index >= 15 is 0 Å². The number of imidazole rings is 1. The van der Waals surface area contributed by atoms with Crippen LogP contribution < -0.4 is 0 Å². The highest BCUT2D eigenvalue weighted by atomic mass is 35.5. The van der Waals surface area contributed by atoms with Crippen LogP contribution in [0.5, 0.6) is 0 Å². The number of hydrogen-bond acceptors (Lipinski definition) is 1. The molecule has 1 heterocycles. The van der Waals surface area contributed by atoms with E-state index in [1.54, 1.807) is 12.5 Å². The van der Waals surface area contributed by atoms with Gasteiger partial charge >= 0.3 is 0 Å². The van der Waals surface area contributed by atoms with Crippen molar-refractivity contribution < 1.29 is 0 Å². The first kappa shape index (κ1) is 11.2. The molecular formula is C13H15ClN2. The maximum atomic E-state index is 6.27. The van der Waals surface area contributed by atoms with Gasteiger partial charge in [0.05, 0.1) is 11.7 Å². The topological polar surface area (TPSA) is 17.8 Å². The molecule has 0 aliphatic carbocycles. The Labute approximate surface area is 101 Å². The van der Waals surface area contributed by atoms with Gasteiger partial charge in [-0.2, -0.15) is 0 Å². The van der Waals surface area contributed by atoms with Gasteiger partial charge in [0.15, 0.2) is 0 Å². The number of halogens is 1. The third-order valence-electron chi connectivity index (χ3n) is 2.56. The first-order valence-electron chi connectivity index (χ1n) is 5.48. The SMILES string of the molecule is ClC(CCc1ccccc1)Cn1ccnc1. The molecule has 1 aromatic heterocycles. The lowest BCUT2D eigenvalue weighted by molar-refractivity contribution is 0.617. The number of benzene rings is 1. The van der Waals surface area contributed by atoms with Crippen molar-refractivity contribution in [2.75, 3.05) is 0 Å². The van der Waals surface area contributed by atoms with E-state index in [1.807, 2.05) is 16.8 Å². The minimum absolute atomic E-state index is 0.161. The van der Waals surface area contributed by atoms with Crippen LogP contribution >= 0.6 is 11.6 Å². The molecule has 2 nitrogen and oxygen atoms in total. The van der Waals surface area contributed by atoms with Gasteiger partial charge in [0.25, 0.3) is 0 Å². The summed E-state index contributed by atoms with van der Waals surface area (Å²) in [5.74, 6) is 0. The van der Waals surface area contributed by atoms with Crippen LogP contribution in [0, 0.1) is 0 Å². The average Bonchev–Trinajstić information content (AvgIpc) is 2.81. The second-order valence-corrected chi connectivity index (χ2v) is 4.50. The summed E-state index contributed by atoms with van der Waals surface area (Å²) < 4.78 is 2.02. The predicted octanol–water partition coefficient (Wildman–Crippen LogP) is 3.12. The number of aromatic nitrogens is 2. The summed E-state index contributed by atoms with van der Waals surface area (Å²) in [6.07, 6.45) is 7.55. The molecule has 16 heavy (non-hydrogen) atoms. The smallest absolute Gasteiger partial charge is 0.0946 e. The summed E-state index contributed by atoms with van der Waals surface area (Å²) in [5.41, 5.74) is 1.35. The Hall–Kier alpha value is -1.28. The fraction of sp³-hybridized carbons (Fsp3) is 0.308. The molecule has 1 atom stereocenters. The van der Waals surface area contributed by atoms with Crippen molar-refractivity contribution in [2.24, 2.45) is 0 Å². The van der Waals surface area contributed by atoms with Crippen molar-refractivity contribution in [3.05, 3.63) is 54.6 Å². The van der Waals surface area contributed by atoms with Gasteiger partial charge in [-0.05, 0) is 18.4 Å². The minimum atomic E-state index is 0.161. The van der Waals surface area contributed by atoms with E-state index < -0.39 is 0 Å². The van der Waals surface area contributed by atoms with Crippen LogP contribution in [0.25, 0.3) is 0 Å². The Balaban J connectivity index is 1.78. The normalized spacial score (nSPS) is 12.6. The first-order chi connectivity index (χ1) is 7.84. The average molecular weight is 235 g/mol. The highest BCUT2D eigenvalue weighted by molar-refractivity contribution is 6.20. The summed E-state index contributed by atoms with van der Waals surface area (Å²) in [7, 11) is 0. The molecule has 1 aromatic carbocycles. The van der Waals surface area contributed by atoms with E-state index in [2.05, 4.69) is 29.2 Å². The molecule has 0 aliphatic rings. The van der Waals surface area contributed by atoms with E-state index in [0.717, 1.165) is 19.4 Å². The largest absolute Gasteiger partial charge is 0.336 e. The summed E-state index contributed by atoms with van der Waals surface area (Å²) in [4.78, 5) is 4.00. The molecule has 0 N–H and O–H groups in total. The van der Waals surface area contributed by atoms with E-state index in [0.29, 0.717) is 0 Å². The molecule has 0 aliphatic heterocycles. The Bertz CT molecular complexity index is 397. The number of alkyl halides is 1. The molecule has 3 heteroatoms. The fourth-order valence-electron chi connectivity index (χ4n) is 1.68. The second-order valence-electron chi connectivity index (χ2n) is 3.88. The van der Waals surface area contributed by atoms with Gasteiger partial charge in [-0.3, -0.25) is 0 Å². The Morgan fingerprint density at radius 3 is 2.75 bits per heavy atom. The number of hydrogen-bond donors (Lipinski definition) is 0. The zero-order valence-electron chi connectivity index (χ0n) is 9.09. The van der Waals surface area contributed by atoms with Crippen LogP contribution in [0.3, 0.4) is 0 Å². The van der Waals surface area contributed by atoms with Crippen molar-refractivity contribution in [2.45, 2.75) is 24.8 Å². The standard InChI is InChI=1S/C13H15ClN2/c14-13(10-16-9-8-15-11-16)7-6-12-4-2-1-3-5-12/h1-5,8-9,11,13H,6-7,10H2. The van der Waals surface area contributed by atoms with E-state index in [4.69, 9.17) is 11.6 Å². The third-order valence-corrected chi connectivity index (χ3v) is 2.91. The molecule has 84 valence electrons. The molecule has 0 fully saturated rings. The van der Waals surface area contributed by atoms with Crippen LogP contribution in [-0.2, 0) is 13.0 Å². The number of nitrogens with zero attached hydrogens (tertiary/aromatic N) is 2. The zero-order chi connectivity index (χ0) is 11.2. The molecule has 0 amide bonds. The van der Waals surface area contributed by atoms with Crippen molar-refractivity contribution in [1.29, 1.82) is 0 Å². The van der Waals surface area contributed by atoms with Gasteiger partial charge in [-0.25, -0.2) is 4.98 Å². The lowest BCUT2D eigenvalue weighted by Gasteiger charge is -2.09. The van der Waals surface area contributed by atoms with Gasteiger partial charge < -0.3 is 4.57 Å². The minimum Gasteiger partial charge on any atom is -0.336 e. The Morgan fingerprint density at radius 2 is 2.06 bits per heavy atom. The van der Waals surface area contributed by atoms with Gasteiger partial charge in [0.1, 0.15) is 0 Å². The maximum absolute atomic E-state index is 6.27. The highest BCUT2D eigenvalue weighted by Crippen LogP contribution is 2.11. The molecule has 0 saturated carbocycles. The molecule has 0 radical (unpaired) electrons. The number of aryl methyl sites for hydroxylation is 1. The monoisotopic (exact) mass is 234 g/mol. The zero-order valence-corrected chi connectivity index (χ0v) is 9.85. The van der Waals surface area contributed by atoms with Gasteiger partial charge in [-0.15, -0.1) is 11.6 Å². The van der Waals surface area contributed by atoms with Gasteiger partial charge in [0, 0.05) is 18.9 Å². The van der Waals surface area contributed by atoms with Crippen molar-refractivity contribution in [3.8, 4) is 0 Å². The summed E-state index contributed by atoms with van der Waals surface area (Å²) in [6.45, 7) is 0.828. The maximum Gasteiger partial charge on any atom is 0.0946 e.